The van der Waals surface area contributed by atoms with Crippen molar-refractivity contribution >= 4 is 5.91 Å². The van der Waals surface area contributed by atoms with Crippen molar-refractivity contribution in [3.05, 3.63) is 29.8 Å². The maximum atomic E-state index is 13.1. The smallest absolute Gasteiger partial charge is 0.263 e. The highest BCUT2D eigenvalue weighted by atomic mass is 16.5. The van der Waals surface area contributed by atoms with Gasteiger partial charge < -0.3 is 14.5 Å². The number of para-hydroxylation sites is 1. The number of ether oxygens (including phenoxy) is 1. The minimum Gasteiger partial charge on any atom is -0.480 e. The van der Waals surface area contributed by atoms with Crippen LogP contribution in [0.1, 0.15) is 45.1 Å². The summed E-state index contributed by atoms with van der Waals surface area (Å²) in [5.74, 6) is 0.549. The van der Waals surface area contributed by atoms with Crippen LogP contribution in [0.2, 0.25) is 0 Å². The molecule has 1 aliphatic carbocycles. The normalized spacial score (nSPS) is 19.9. The van der Waals surface area contributed by atoms with Crippen molar-refractivity contribution in [2.24, 2.45) is 0 Å². The van der Waals surface area contributed by atoms with Gasteiger partial charge in [-0.05, 0) is 51.3 Å². The van der Waals surface area contributed by atoms with Gasteiger partial charge in [-0.3, -0.25) is 4.79 Å². The van der Waals surface area contributed by atoms with Gasteiger partial charge in [-0.1, -0.05) is 19.1 Å². The first kappa shape index (κ1) is 17.8. The fraction of sp³-hybridized carbons (Fsp3) is 0.600. The molecule has 0 radical (unpaired) electrons. The second-order valence-electron chi connectivity index (χ2n) is 7.01. The van der Waals surface area contributed by atoms with Crippen LogP contribution in [0.15, 0.2) is 24.3 Å². The van der Waals surface area contributed by atoms with Gasteiger partial charge >= 0.3 is 0 Å². The zero-order chi connectivity index (χ0) is 17.8. The number of benzene rings is 1. The Balaban J connectivity index is 1.67. The summed E-state index contributed by atoms with van der Waals surface area (Å²) in [6.45, 7) is 7.18. The van der Waals surface area contributed by atoms with E-state index in [2.05, 4.69) is 22.8 Å². The molecule has 5 nitrogen and oxygen atoms in total. The number of carbonyl (C=O) groups excluding carboxylic acids is 1. The number of rotatable bonds is 6. The molecule has 0 bridgehead atoms. The topological polar surface area (TPSA) is 56.6 Å². The standard InChI is InChI=1S/C20H27N3O2/c1-3-22-12-10-18(11-13-22)23(17-8-9-17)20(24)15(2)25-19-7-5-4-6-16(19)14-21/h4-7,15,17-18H,3,8-13H2,1-2H3. The van der Waals surface area contributed by atoms with Crippen LogP contribution in [0.25, 0.3) is 0 Å². The summed E-state index contributed by atoms with van der Waals surface area (Å²) >= 11 is 0. The second kappa shape index (κ2) is 7.88. The van der Waals surface area contributed by atoms with E-state index in [1.54, 1.807) is 25.1 Å². The number of likely N-dealkylation sites (tertiary alicyclic amines) is 1. The lowest BCUT2D eigenvalue weighted by Crippen LogP contribution is -2.51. The molecule has 1 amide bonds. The van der Waals surface area contributed by atoms with E-state index < -0.39 is 6.10 Å². The van der Waals surface area contributed by atoms with Crippen molar-refractivity contribution in [3.8, 4) is 11.8 Å². The minimum atomic E-state index is -0.570. The third-order valence-electron chi connectivity index (χ3n) is 5.25. The SMILES string of the molecule is CCN1CCC(N(C(=O)C(C)Oc2ccccc2C#N)C2CC2)CC1. The molecule has 1 aromatic carbocycles. The van der Waals surface area contributed by atoms with Crippen molar-refractivity contribution in [2.75, 3.05) is 19.6 Å². The van der Waals surface area contributed by atoms with Crippen LogP contribution in [0.3, 0.4) is 0 Å². The molecule has 2 aliphatic rings. The average Bonchev–Trinajstić information content (AvgIpc) is 3.47. The molecule has 25 heavy (non-hydrogen) atoms. The van der Waals surface area contributed by atoms with Crippen LogP contribution < -0.4 is 4.74 Å². The van der Waals surface area contributed by atoms with E-state index >= 15 is 0 Å². The van der Waals surface area contributed by atoms with E-state index in [4.69, 9.17) is 4.74 Å². The monoisotopic (exact) mass is 341 g/mol. The van der Waals surface area contributed by atoms with E-state index in [0.29, 0.717) is 23.4 Å². The zero-order valence-electron chi connectivity index (χ0n) is 15.1. The Hall–Kier alpha value is -2.06. The molecule has 2 fully saturated rings. The predicted molar refractivity (Wildman–Crippen MR) is 96.3 cm³/mol. The Morgan fingerprint density at radius 1 is 1.28 bits per heavy atom. The lowest BCUT2D eigenvalue weighted by molar-refractivity contribution is -0.142. The Bertz CT molecular complexity index is 643. The van der Waals surface area contributed by atoms with Gasteiger partial charge in [0.25, 0.3) is 5.91 Å². The second-order valence-corrected chi connectivity index (χ2v) is 7.01. The van der Waals surface area contributed by atoms with Crippen LogP contribution in [-0.2, 0) is 4.79 Å². The van der Waals surface area contributed by atoms with Crippen LogP contribution in [0.5, 0.6) is 5.75 Å². The van der Waals surface area contributed by atoms with Gasteiger partial charge in [0.15, 0.2) is 6.10 Å². The number of carbonyl (C=O) groups is 1. The Labute approximate surface area is 150 Å². The Morgan fingerprint density at radius 3 is 2.52 bits per heavy atom. The molecular weight excluding hydrogens is 314 g/mol. The third-order valence-corrected chi connectivity index (χ3v) is 5.25. The number of piperidine rings is 1. The van der Waals surface area contributed by atoms with E-state index in [0.717, 1.165) is 45.3 Å². The van der Waals surface area contributed by atoms with Crippen LogP contribution in [-0.4, -0.2) is 53.5 Å². The fourth-order valence-corrected chi connectivity index (χ4v) is 3.64. The molecule has 1 aromatic rings. The van der Waals surface area contributed by atoms with E-state index in [-0.39, 0.29) is 5.91 Å². The lowest BCUT2D eigenvalue weighted by atomic mass is 10.0. The summed E-state index contributed by atoms with van der Waals surface area (Å²) in [7, 11) is 0. The molecule has 0 aromatic heterocycles. The number of amides is 1. The van der Waals surface area contributed by atoms with E-state index in [1.807, 2.05) is 6.07 Å². The quantitative estimate of drug-likeness (QED) is 0.798. The molecule has 1 aliphatic heterocycles. The molecular formula is C20H27N3O2. The molecule has 0 N–H and O–H groups in total. The molecule has 3 rings (SSSR count). The molecule has 1 saturated heterocycles. The molecule has 134 valence electrons. The van der Waals surface area contributed by atoms with Crippen molar-refractivity contribution in [2.45, 2.75) is 57.7 Å². The van der Waals surface area contributed by atoms with E-state index in [9.17, 15) is 10.1 Å². The summed E-state index contributed by atoms with van der Waals surface area (Å²) in [4.78, 5) is 17.6. The number of nitrogens with zero attached hydrogens (tertiary/aromatic N) is 3. The Morgan fingerprint density at radius 2 is 1.92 bits per heavy atom. The third kappa shape index (κ3) is 4.13. The number of nitriles is 1. The minimum absolute atomic E-state index is 0.0604. The number of hydrogen-bond donors (Lipinski definition) is 0. The first-order valence-electron chi connectivity index (χ1n) is 9.34. The molecule has 1 heterocycles. The highest BCUT2D eigenvalue weighted by Gasteiger charge is 2.40. The average molecular weight is 341 g/mol. The van der Waals surface area contributed by atoms with Gasteiger partial charge in [0, 0.05) is 25.2 Å². The summed E-state index contributed by atoms with van der Waals surface area (Å²) in [5, 5.41) is 9.20. The van der Waals surface area contributed by atoms with Gasteiger partial charge in [0.05, 0.1) is 5.56 Å². The number of hydrogen-bond acceptors (Lipinski definition) is 4. The Kier molecular flexibility index (Phi) is 5.60. The van der Waals surface area contributed by atoms with Crippen LogP contribution in [0, 0.1) is 11.3 Å². The van der Waals surface area contributed by atoms with Crippen molar-refractivity contribution in [1.29, 1.82) is 5.26 Å². The van der Waals surface area contributed by atoms with Gasteiger partial charge in [-0.25, -0.2) is 0 Å². The van der Waals surface area contributed by atoms with Crippen molar-refractivity contribution < 1.29 is 9.53 Å². The highest BCUT2D eigenvalue weighted by molar-refractivity contribution is 5.82. The zero-order valence-corrected chi connectivity index (χ0v) is 15.1. The van der Waals surface area contributed by atoms with Crippen LogP contribution >= 0.6 is 0 Å². The van der Waals surface area contributed by atoms with E-state index in [1.165, 1.54) is 0 Å². The van der Waals surface area contributed by atoms with Gasteiger partial charge in [0.1, 0.15) is 11.8 Å². The molecule has 1 atom stereocenters. The molecule has 1 saturated carbocycles. The molecule has 1 unspecified atom stereocenters. The lowest BCUT2D eigenvalue weighted by Gasteiger charge is -2.39. The van der Waals surface area contributed by atoms with Gasteiger partial charge in [-0.15, -0.1) is 0 Å². The molecule has 0 spiro atoms. The van der Waals surface area contributed by atoms with Gasteiger partial charge in [-0.2, -0.15) is 5.26 Å². The van der Waals surface area contributed by atoms with Crippen LogP contribution in [0.4, 0.5) is 0 Å². The maximum Gasteiger partial charge on any atom is 0.263 e. The summed E-state index contributed by atoms with van der Waals surface area (Å²) in [6, 6.07) is 9.92. The predicted octanol–water partition coefficient (Wildman–Crippen LogP) is 2.80. The largest absolute Gasteiger partial charge is 0.480 e. The molecule has 5 heteroatoms. The summed E-state index contributed by atoms with van der Waals surface area (Å²) in [6.07, 6.45) is 3.71. The first-order chi connectivity index (χ1) is 12.1. The van der Waals surface area contributed by atoms with Crippen molar-refractivity contribution in [3.63, 3.8) is 0 Å². The first-order valence-corrected chi connectivity index (χ1v) is 9.34. The maximum absolute atomic E-state index is 13.1. The summed E-state index contributed by atoms with van der Waals surface area (Å²) in [5.41, 5.74) is 0.469. The summed E-state index contributed by atoms with van der Waals surface area (Å²) < 4.78 is 5.87. The highest BCUT2D eigenvalue weighted by Crippen LogP contribution is 2.33. The van der Waals surface area contributed by atoms with Gasteiger partial charge in [0.2, 0.25) is 0 Å². The van der Waals surface area contributed by atoms with Crippen molar-refractivity contribution in [1.82, 2.24) is 9.80 Å². The fourth-order valence-electron chi connectivity index (χ4n) is 3.64.